The summed E-state index contributed by atoms with van der Waals surface area (Å²) in [6, 6.07) is 20.3. The van der Waals surface area contributed by atoms with Crippen molar-refractivity contribution < 1.29 is 14.3 Å². The van der Waals surface area contributed by atoms with Crippen molar-refractivity contribution in [3.8, 4) is 11.5 Å². The highest BCUT2D eigenvalue weighted by Gasteiger charge is 2.35. The lowest BCUT2D eigenvalue weighted by Crippen LogP contribution is -2.28. The zero-order valence-electron chi connectivity index (χ0n) is 17.4. The van der Waals surface area contributed by atoms with E-state index < -0.39 is 5.92 Å². The highest BCUT2D eigenvalue weighted by molar-refractivity contribution is 6.31. The van der Waals surface area contributed by atoms with Gasteiger partial charge in [-0.25, -0.2) is 0 Å². The largest absolute Gasteiger partial charge is 0.457 e. The number of halogens is 1. The molecule has 0 unspecified atom stereocenters. The lowest BCUT2D eigenvalue weighted by Gasteiger charge is -2.17. The molecule has 0 aliphatic carbocycles. The van der Waals surface area contributed by atoms with Crippen LogP contribution in [0, 0.1) is 19.8 Å². The topological polar surface area (TPSA) is 58.6 Å². The van der Waals surface area contributed by atoms with Gasteiger partial charge in [0.15, 0.2) is 0 Å². The van der Waals surface area contributed by atoms with Crippen LogP contribution in [0.4, 0.5) is 11.4 Å². The molecule has 0 spiro atoms. The second kappa shape index (κ2) is 8.82. The summed E-state index contributed by atoms with van der Waals surface area (Å²) < 4.78 is 5.96. The summed E-state index contributed by atoms with van der Waals surface area (Å²) in [6.45, 7) is 4.40. The number of aryl methyl sites for hydroxylation is 1. The molecule has 0 saturated carbocycles. The molecule has 1 aliphatic heterocycles. The van der Waals surface area contributed by atoms with Crippen molar-refractivity contribution in [2.24, 2.45) is 5.92 Å². The molecule has 1 aliphatic rings. The van der Waals surface area contributed by atoms with Gasteiger partial charge in [0.05, 0.1) is 5.92 Å². The van der Waals surface area contributed by atoms with Crippen LogP contribution in [-0.2, 0) is 9.59 Å². The Balaban J connectivity index is 1.39. The summed E-state index contributed by atoms with van der Waals surface area (Å²) in [6.07, 6.45) is 0.173. The number of carbonyl (C=O) groups excluding carboxylic acids is 2. The predicted octanol–water partition coefficient (Wildman–Crippen LogP) is 5.74. The van der Waals surface area contributed by atoms with E-state index in [1.165, 1.54) is 5.56 Å². The van der Waals surface area contributed by atoms with Crippen molar-refractivity contribution >= 4 is 34.8 Å². The number of rotatable bonds is 5. The number of carbonyl (C=O) groups is 2. The summed E-state index contributed by atoms with van der Waals surface area (Å²) in [5, 5.41) is 3.46. The second-order valence-corrected chi connectivity index (χ2v) is 8.14. The summed E-state index contributed by atoms with van der Waals surface area (Å²) in [4.78, 5) is 26.7. The maximum atomic E-state index is 12.7. The lowest BCUT2D eigenvalue weighted by atomic mass is 10.1. The number of anilines is 2. The average Bonchev–Trinajstić information content (AvgIpc) is 3.15. The maximum absolute atomic E-state index is 12.7. The summed E-state index contributed by atoms with van der Waals surface area (Å²) in [7, 11) is 0. The van der Waals surface area contributed by atoms with Gasteiger partial charge in [0.2, 0.25) is 11.8 Å². The van der Waals surface area contributed by atoms with Gasteiger partial charge in [0, 0.05) is 29.4 Å². The van der Waals surface area contributed by atoms with Crippen molar-refractivity contribution in [2.75, 3.05) is 16.8 Å². The first-order chi connectivity index (χ1) is 14.9. The van der Waals surface area contributed by atoms with Gasteiger partial charge in [0.1, 0.15) is 11.5 Å². The molecule has 1 fully saturated rings. The number of nitrogens with zero attached hydrogens (tertiary/aromatic N) is 1. The smallest absolute Gasteiger partial charge is 0.229 e. The Labute approximate surface area is 186 Å². The molecule has 1 heterocycles. The van der Waals surface area contributed by atoms with Crippen LogP contribution in [0.15, 0.2) is 66.7 Å². The zero-order chi connectivity index (χ0) is 22.0. The van der Waals surface area contributed by atoms with Crippen LogP contribution in [0.2, 0.25) is 5.02 Å². The zero-order valence-corrected chi connectivity index (χ0v) is 18.1. The highest BCUT2D eigenvalue weighted by atomic mass is 35.5. The first-order valence-electron chi connectivity index (χ1n) is 10.1. The Bertz CT molecular complexity index is 1130. The third kappa shape index (κ3) is 4.72. The van der Waals surface area contributed by atoms with Crippen molar-refractivity contribution in [2.45, 2.75) is 20.3 Å². The average molecular weight is 435 g/mol. The Morgan fingerprint density at radius 2 is 1.81 bits per heavy atom. The molecule has 31 heavy (non-hydrogen) atoms. The van der Waals surface area contributed by atoms with Gasteiger partial charge in [-0.15, -0.1) is 0 Å². The quantitative estimate of drug-likeness (QED) is 0.557. The van der Waals surface area contributed by atoms with Gasteiger partial charge in [-0.3, -0.25) is 9.59 Å². The minimum Gasteiger partial charge on any atom is -0.457 e. The van der Waals surface area contributed by atoms with Crippen LogP contribution in [0.1, 0.15) is 17.5 Å². The maximum Gasteiger partial charge on any atom is 0.229 e. The van der Waals surface area contributed by atoms with Gasteiger partial charge in [-0.1, -0.05) is 29.8 Å². The molecule has 4 rings (SSSR count). The molecule has 1 N–H and O–H groups in total. The molecule has 2 amide bonds. The van der Waals surface area contributed by atoms with Gasteiger partial charge in [0.25, 0.3) is 0 Å². The van der Waals surface area contributed by atoms with Gasteiger partial charge in [-0.2, -0.15) is 0 Å². The molecule has 0 radical (unpaired) electrons. The van der Waals surface area contributed by atoms with Crippen LogP contribution in [-0.4, -0.2) is 18.4 Å². The second-order valence-electron chi connectivity index (χ2n) is 7.70. The number of amides is 2. The standard InChI is InChI=1S/C25H23ClN2O3/c1-16-5-3-8-23(17(16)2)31-22-11-9-20(10-12-22)27-25(30)18-13-24(29)28(15-18)21-7-4-6-19(26)14-21/h3-12,14,18H,13,15H2,1-2H3,(H,27,30)/t18-/m0/s1. The SMILES string of the molecule is Cc1cccc(Oc2ccc(NC(=O)[C@H]3CC(=O)N(c4cccc(Cl)c4)C3)cc2)c1C. The lowest BCUT2D eigenvalue weighted by molar-refractivity contribution is -0.122. The molecular weight excluding hydrogens is 412 g/mol. The molecule has 1 saturated heterocycles. The third-order valence-corrected chi connectivity index (χ3v) is 5.76. The minimum atomic E-state index is -0.419. The van der Waals surface area contributed by atoms with Crippen LogP contribution >= 0.6 is 11.6 Å². The van der Waals surface area contributed by atoms with Crippen LogP contribution in [0.25, 0.3) is 0 Å². The van der Waals surface area contributed by atoms with Crippen LogP contribution < -0.4 is 15.0 Å². The Morgan fingerprint density at radius 3 is 2.55 bits per heavy atom. The number of hydrogen-bond donors (Lipinski definition) is 1. The molecule has 3 aromatic rings. The fourth-order valence-electron chi connectivity index (χ4n) is 3.59. The number of benzene rings is 3. The van der Waals surface area contributed by atoms with E-state index in [1.807, 2.05) is 50.2 Å². The highest BCUT2D eigenvalue weighted by Crippen LogP contribution is 2.29. The number of nitrogens with one attached hydrogen (secondary N) is 1. The molecule has 6 heteroatoms. The minimum absolute atomic E-state index is 0.0836. The van der Waals surface area contributed by atoms with Crippen LogP contribution in [0.5, 0.6) is 11.5 Å². The van der Waals surface area contributed by atoms with Crippen molar-refractivity contribution in [1.82, 2.24) is 0 Å². The summed E-state index contributed by atoms with van der Waals surface area (Å²) in [5.74, 6) is 0.815. The van der Waals surface area contributed by atoms with Crippen molar-refractivity contribution in [1.29, 1.82) is 0 Å². The van der Waals surface area contributed by atoms with E-state index in [1.54, 1.807) is 35.2 Å². The molecule has 3 aromatic carbocycles. The van der Waals surface area contributed by atoms with E-state index in [0.29, 0.717) is 28.7 Å². The summed E-state index contributed by atoms with van der Waals surface area (Å²) in [5.41, 5.74) is 3.63. The van der Waals surface area contributed by atoms with E-state index >= 15 is 0 Å². The number of hydrogen-bond acceptors (Lipinski definition) is 3. The molecule has 0 aromatic heterocycles. The van der Waals surface area contributed by atoms with Crippen LogP contribution in [0.3, 0.4) is 0 Å². The number of ether oxygens (including phenoxy) is 1. The van der Waals surface area contributed by atoms with E-state index in [-0.39, 0.29) is 18.2 Å². The van der Waals surface area contributed by atoms with Crippen molar-refractivity contribution in [3.63, 3.8) is 0 Å². The summed E-state index contributed by atoms with van der Waals surface area (Å²) >= 11 is 6.03. The van der Waals surface area contributed by atoms with Gasteiger partial charge < -0.3 is 15.0 Å². The fraction of sp³-hybridized carbons (Fsp3) is 0.200. The van der Waals surface area contributed by atoms with Crippen molar-refractivity contribution in [3.05, 3.63) is 82.9 Å². The predicted molar refractivity (Wildman–Crippen MR) is 123 cm³/mol. The fourth-order valence-corrected chi connectivity index (χ4v) is 3.77. The monoisotopic (exact) mass is 434 g/mol. The van der Waals surface area contributed by atoms with E-state index in [2.05, 4.69) is 5.32 Å². The van der Waals surface area contributed by atoms with Gasteiger partial charge in [-0.05, 0) is 73.5 Å². The molecule has 1 atom stereocenters. The first kappa shape index (κ1) is 20.9. The van der Waals surface area contributed by atoms with E-state index in [0.717, 1.165) is 11.3 Å². The Kier molecular flexibility index (Phi) is 5.96. The normalized spacial score (nSPS) is 15.8. The first-order valence-corrected chi connectivity index (χ1v) is 10.5. The van der Waals surface area contributed by atoms with E-state index in [9.17, 15) is 9.59 Å². The molecule has 5 nitrogen and oxygen atoms in total. The third-order valence-electron chi connectivity index (χ3n) is 5.52. The molecule has 0 bridgehead atoms. The van der Waals surface area contributed by atoms with E-state index in [4.69, 9.17) is 16.3 Å². The molecule has 158 valence electrons. The van der Waals surface area contributed by atoms with Gasteiger partial charge >= 0.3 is 0 Å². The Hall–Kier alpha value is -3.31. The molecular formula is C25H23ClN2O3. The Morgan fingerprint density at radius 1 is 1.06 bits per heavy atom.